The fourth-order valence-electron chi connectivity index (χ4n) is 3.45. The first kappa shape index (κ1) is 18.3. The number of aliphatic hydroxyl groups is 1. The van der Waals surface area contributed by atoms with Crippen LogP contribution in [0.15, 0.2) is 28.8 Å². The second-order valence-electron chi connectivity index (χ2n) is 6.97. The molecule has 2 aliphatic rings. The molecule has 2 aromatic rings. The Bertz CT molecular complexity index is 896. The standard InChI is InChI=1S/C19H21N3O6/c1-11-4-14(28-21-11)7-18(24)22-9-13(23)6-15(22)19(25)20-8-12-2-3-16-17(5-12)27-10-26-16/h2-5,13,15,23H,6-10H2,1H3,(H,20,25). The van der Waals surface area contributed by atoms with Crippen LogP contribution in [-0.4, -0.2) is 52.5 Å². The Morgan fingerprint density at radius 3 is 2.89 bits per heavy atom. The second kappa shape index (κ2) is 7.51. The molecule has 1 aromatic carbocycles. The predicted molar refractivity (Wildman–Crippen MR) is 95.5 cm³/mol. The Hall–Kier alpha value is -3.07. The third kappa shape index (κ3) is 3.79. The first-order valence-corrected chi connectivity index (χ1v) is 9.05. The predicted octanol–water partition coefficient (Wildman–Crippen LogP) is 0.532. The van der Waals surface area contributed by atoms with Crippen LogP contribution in [0.3, 0.4) is 0 Å². The molecule has 2 unspecified atom stereocenters. The summed E-state index contributed by atoms with van der Waals surface area (Å²) in [5.74, 6) is 1.16. The lowest BCUT2D eigenvalue weighted by atomic mass is 10.1. The lowest BCUT2D eigenvalue weighted by Gasteiger charge is -2.23. The SMILES string of the molecule is Cc1cc(CC(=O)N2CC(O)CC2C(=O)NCc2ccc3c(c2)OCO3)on1. The zero-order valence-corrected chi connectivity index (χ0v) is 15.4. The van der Waals surface area contributed by atoms with Crippen molar-refractivity contribution in [2.75, 3.05) is 13.3 Å². The number of nitrogens with one attached hydrogen (secondary N) is 1. The van der Waals surface area contributed by atoms with Gasteiger partial charge in [0.05, 0.1) is 18.2 Å². The van der Waals surface area contributed by atoms with Gasteiger partial charge in [-0.05, 0) is 24.6 Å². The Morgan fingerprint density at radius 1 is 1.29 bits per heavy atom. The van der Waals surface area contributed by atoms with Crippen LogP contribution in [0.5, 0.6) is 11.5 Å². The number of aryl methyl sites for hydroxylation is 1. The number of rotatable bonds is 5. The maximum Gasteiger partial charge on any atom is 0.243 e. The van der Waals surface area contributed by atoms with Gasteiger partial charge in [0.1, 0.15) is 11.8 Å². The summed E-state index contributed by atoms with van der Waals surface area (Å²) >= 11 is 0. The molecule has 1 aromatic heterocycles. The van der Waals surface area contributed by atoms with Gasteiger partial charge in [-0.2, -0.15) is 0 Å². The van der Waals surface area contributed by atoms with E-state index in [1.165, 1.54) is 4.90 Å². The van der Waals surface area contributed by atoms with Crippen LogP contribution in [0, 0.1) is 6.92 Å². The highest BCUT2D eigenvalue weighted by atomic mass is 16.7. The number of hydrogen-bond acceptors (Lipinski definition) is 7. The Balaban J connectivity index is 1.38. The molecule has 28 heavy (non-hydrogen) atoms. The molecular formula is C19H21N3O6. The van der Waals surface area contributed by atoms with Crippen LogP contribution in [0.25, 0.3) is 0 Å². The molecule has 2 aliphatic heterocycles. The summed E-state index contributed by atoms with van der Waals surface area (Å²) in [6, 6.07) is 6.39. The molecule has 1 fully saturated rings. The number of fused-ring (bicyclic) bond motifs is 1. The molecule has 2 amide bonds. The molecule has 2 atom stereocenters. The Kier molecular flexibility index (Phi) is 4.91. The number of carbonyl (C=O) groups is 2. The number of hydrogen-bond donors (Lipinski definition) is 2. The van der Waals surface area contributed by atoms with Crippen molar-refractivity contribution in [1.29, 1.82) is 0 Å². The number of likely N-dealkylation sites (tertiary alicyclic amines) is 1. The van der Waals surface area contributed by atoms with E-state index in [-0.39, 0.29) is 44.5 Å². The van der Waals surface area contributed by atoms with Gasteiger partial charge >= 0.3 is 0 Å². The molecule has 148 valence electrons. The van der Waals surface area contributed by atoms with Crippen LogP contribution < -0.4 is 14.8 Å². The van der Waals surface area contributed by atoms with E-state index in [1.807, 2.05) is 6.07 Å². The third-order valence-electron chi connectivity index (χ3n) is 4.81. The van der Waals surface area contributed by atoms with Crippen molar-refractivity contribution in [2.45, 2.75) is 38.5 Å². The molecule has 0 radical (unpaired) electrons. The first-order valence-electron chi connectivity index (χ1n) is 9.05. The van der Waals surface area contributed by atoms with E-state index >= 15 is 0 Å². The van der Waals surface area contributed by atoms with E-state index in [4.69, 9.17) is 14.0 Å². The normalized spacial score (nSPS) is 20.4. The summed E-state index contributed by atoms with van der Waals surface area (Å²) in [4.78, 5) is 26.7. The highest BCUT2D eigenvalue weighted by Gasteiger charge is 2.38. The minimum Gasteiger partial charge on any atom is -0.454 e. The van der Waals surface area contributed by atoms with E-state index in [2.05, 4.69) is 10.5 Å². The van der Waals surface area contributed by atoms with Gasteiger partial charge in [0.25, 0.3) is 0 Å². The lowest BCUT2D eigenvalue weighted by molar-refractivity contribution is -0.138. The molecule has 4 rings (SSSR count). The summed E-state index contributed by atoms with van der Waals surface area (Å²) in [5.41, 5.74) is 1.54. The number of benzene rings is 1. The zero-order valence-electron chi connectivity index (χ0n) is 15.4. The summed E-state index contributed by atoms with van der Waals surface area (Å²) in [6.45, 7) is 2.36. The van der Waals surface area contributed by atoms with E-state index in [0.29, 0.717) is 23.0 Å². The molecule has 9 nitrogen and oxygen atoms in total. The highest BCUT2D eigenvalue weighted by molar-refractivity contribution is 5.89. The molecule has 0 spiro atoms. The summed E-state index contributed by atoms with van der Waals surface area (Å²) < 4.78 is 15.7. The molecule has 0 aliphatic carbocycles. The molecule has 0 bridgehead atoms. The zero-order chi connectivity index (χ0) is 19.7. The van der Waals surface area contributed by atoms with Gasteiger partial charge < -0.3 is 29.3 Å². The van der Waals surface area contributed by atoms with Gasteiger partial charge in [0, 0.05) is 25.6 Å². The minimum atomic E-state index is -0.735. The molecule has 3 heterocycles. The van der Waals surface area contributed by atoms with Crippen molar-refractivity contribution < 1.29 is 28.7 Å². The smallest absolute Gasteiger partial charge is 0.243 e. The van der Waals surface area contributed by atoms with E-state index < -0.39 is 12.1 Å². The quantitative estimate of drug-likeness (QED) is 0.769. The topological polar surface area (TPSA) is 114 Å². The number of carbonyl (C=O) groups excluding carboxylic acids is 2. The summed E-state index contributed by atoms with van der Waals surface area (Å²) in [7, 11) is 0. The number of nitrogens with zero attached hydrogens (tertiary/aromatic N) is 2. The molecule has 1 saturated heterocycles. The van der Waals surface area contributed by atoms with E-state index in [9.17, 15) is 14.7 Å². The third-order valence-corrected chi connectivity index (χ3v) is 4.81. The van der Waals surface area contributed by atoms with Crippen molar-refractivity contribution in [3.8, 4) is 11.5 Å². The van der Waals surface area contributed by atoms with Gasteiger partial charge in [-0.3, -0.25) is 9.59 Å². The Labute approximate surface area is 161 Å². The van der Waals surface area contributed by atoms with Crippen molar-refractivity contribution in [1.82, 2.24) is 15.4 Å². The maximum atomic E-state index is 12.7. The average Bonchev–Trinajstić information content (AvgIpc) is 3.39. The van der Waals surface area contributed by atoms with Crippen LogP contribution in [-0.2, 0) is 22.6 Å². The van der Waals surface area contributed by atoms with Gasteiger partial charge in [0.15, 0.2) is 11.5 Å². The summed E-state index contributed by atoms with van der Waals surface area (Å²) in [6.07, 6.45) is -0.533. The summed E-state index contributed by atoms with van der Waals surface area (Å²) in [5, 5.41) is 16.6. The Morgan fingerprint density at radius 2 is 2.11 bits per heavy atom. The van der Waals surface area contributed by atoms with Crippen LogP contribution in [0.4, 0.5) is 0 Å². The number of aliphatic hydroxyl groups excluding tert-OH is 1. The molecule has 2 N–H and O–H groups in total. The van der Waals surface area contributed by atoms with Crippen molar-refractivity contribution >= 4 is 11.8 Å². The van der Waals surface area contributed by atoms with Gasteiger partial charge in [-0.25, -0.2) is 0 Å². The van der Waals surface area contributed by atoms with Gasteiger partial charge in [-0.1, -0.05) is 11.2 Å². The monoisotopic (exact) mass is 387 g/mol. The van der Waals surface area contributed by atoms with Crippen molar-refractivity contribution in [3.05, 3.63) is 41.3 Å². The lowest BCUT2D eigenvalue weighted by Crippen LogP contribution is -2.46. The number of ether oxygens (including phenoxy) is 2. The number of β-amino-alcohol motifs (C(OH)–C–C–N with tert-alkyl or cyclic N) is 1. The van der Waals surface area contributed by atoms with E-state index in [1.54, 1.807) is 25.1 Å². The molecular weight excluding hydrogens is 366 g/mol. The molecule has 9 heteroatoms. The highest BCUT2D eigenvalue weighted by Crippen LogP contribution is 2.32. The largest absolute Gasteiger partial charge is 0.454 e. The second-order valence-corrected chi connectivity index (χ2v) is 6.97. The number of amides is 2. The molecule has 0 saturated carbocycles. The first-order chi connectivity index (χ1) is 13.5. The van der Waals surface area contributed by atoms with Gasteiger partial charge in [-0.15, -0.1) is 0 Å². The van der Waals surface area contributed by atoms with Crippen molar-refractivity contribution in [2.24, 2.45) is 0 Å². The van der Waals surface area contributed by atoms with Gasteiger partial charge in [0.2, 0.25) is 18.6 Å². The van der Waals surface area contributed by atoms with Crippen LogP contribution in [0.1, 0.15) is 23.4 Å². The average molecular weight is 387 g/mol. The fraction of sp³-hybridized carbons (Fsp3) is 0.421. The number of aromatic nitrogens is 1. The van der Waals surface area contributed by atoms with Crippen molar-refractivity contribution in [3.63, 3.8) is 0 Å². The van der Waals surface area contributed by atoms with Crippen LogP contribution in [0.2, 0.25) is 0 Å². The van der Waals surface area contributed by atoms with E-state index in [0.717, 1.165) is 5.56 Å². The fourth-order valence-corrected chi connectivity index (χ4v) is 3.45. The van der Waals surface area contributed by atoms with Crippen LogP contribution >= 0.6 is 0 Å². The minimum absolute atomic E-state index is 0.000495. The maximum absolute atomic E-state index is 12.7.